The number of hydrogen-bond acceptors (Lipinski definition) is 4. The van der Waals surface area contributed by atoms with Crippen molar-refractivity contribution in [3.05, 3.63) is 18.5 Å². The summed E-state index contributed by atoms with van der Waals surface area (Å²) in [6, 6.07) is 3.93. The van der Waals surface area contributed by atoms with Crippen LogP contribution in [0.15, 0.2) is 18.5 Å². The van der Waals surface area contributed by atoms with E-state index in [2.05, 4.69) is 22.4 Å². The van der Waals surface area contributed by atoms with Crippen molar-refractivity contribution >= 4 is 0 Å². The summed E-state index contributed by atoms with van der Waals surface area (Å²) in [5, 5.41) is 17.8. The Morgan fingerprint density at radius 2 is 2.10 bits per heavy atom. The summed E-state index contributed by atoms with van der Waals surface area (Å²) in [4.78, 5) is 2.57. The molecule has 2 aliphatic heterocycles. The maximum atomic E-state index is 10.1. The third-order valence-electron chi connectivity index (χ3n) is 4.94. The standard InChI is InChI=1S/C15H26N4O/c1-18-13-4-2-5-14(18)9-12(8-13)16-10-15(20)11-19-7-3-6-17-19/h3,6-7,12-16,20H,2,4-5,8-11H2,1H3. The van der Waals surface area contributed by atoms with Gasteiger partial charge in [0.05, 0.1) is 12.6 Å². The molecule has 1 aromatic rings. The molecule has 2 fully saturated rings. The van der Waals surface area contributed by atoms with E-state index in [1.54, 1.807) is 10.9 Å². The third kappa shape index (κ3) is 3.22. The molecule has 0 aliphatic carbocycles. The zero-order valence-corrected chi connectivity index (χ0v) is 12.3. The second-order valence-corrected chi connectivity index (χ2v) is 6.36. The van der Waals surface area contributed by atoms with E-state index in [1.807, 2.05) is 12.3 Å². The highest BCUT2D eigenvalue weighted by atomic mass is 16.3. The minimum absolute atomic E-state index is 0.366. The smallest absolute Gasteiger partial charge is 0.0860 e. The number of aromatic nitrogens is 2. The molecule has 2 bridgehead atoms. The Morgan fingerprint density at radius 1 is 1.35 bits per heavy atom. The van der Waals surface area contributed by atoms with Crippen molar-refractivity contribution in [1.82, 2.24) is 20.0 Å². The van der Waals surface area contributed by atoms with Crippen molar-refractivity contribution in [2.75, 3.05) is 13.6 Å². The summed E-state index contributed by atoms with van der Waals surface area (Å²) in [6.45, 7) is 1.23. The highest BCUT2D eigenvalue weighted by Gasteiger charge is 2.35. The fraction of sp³-hybridized carbons (Fsp3) is 0.800. The Bertz CT molecular complexity index is 394. The second kappa shape index (κ2) is 6.24. The zero-order chi connectivity index (χ0) is 13.9. The number of aliphatic hydroxyl groups is 1. The molecular weight excluding hydrogens is 252 g/mol. The first-order valence-corrected chi connectivity index (χ1v) is 7.83. The van der Waals surface area contributed by atoms with Crippen LogP contribution in [-0.4, -0.2) is 57.6 Å². The maximum Gasteiger partial charge on any atom is 0.0860 e. The van der Waals surface area contributed by atoms with Crippen LogP contribution in [0.5, 0.6) is 0 Å². The Morgan fingerprint density at radius 3 is 2.75 bits per heavy atom. The van der Waals surface area contributed by atoms with Gasteiger partial charge in [-0.1, -0.05) is 6.42 Å². The largest absolute Gasteiger partial charge is 0.390 e. The molecule has 0 aromatic carbocycles. The van der Waals surface area contributed by atoms with Gasteiger partial charge in [-0.15, -0.1) is 0 Å². The number of rotatable bonds is 5. The number of aliphatic hydroxyl groups excluding tert-OH is 1. The van der Waals surface area contributed by atoms with Crippen LogP contribution in [0.4, 0.5) is 0 Å². The number of fused-ring (bicyclic) bond motifs is 2. The molecule has 2 saturated heterocycles. The van der Waals surface area contributed by atoms with Gasteiger partial charge in [0.15, 0.2) is 0 Å². The van der Waals surface area contributed by atoms with Crippen LogP contribution >= 0.6 is 0 Å². The lowest BCUT2D eigenvalue weighted by Crippen LogP contribution is -2.55. The predicted octanol–water partition coefficient (Wildman–Crippen LogP) is 0.849. The van der Waals surface area contributed by atoms with E-state index in [1.165, 1.54) is 32.1 Å². The van der Waals surface area contributed by atoms with Gasteiger partial charge in [-0.05, 0) is 38.8 Å². The minimum Gasteiger partial charge on any atom is -0.390 e. The highest BCUT2D eigenvalue weighted by molar-refractivity contribution is 4.93. The normalized spacial score (nSPS) is 32.2. The van der Waals surface area contributed by atoms with Gasteiger partial charge in [-0.2, -0.15) is 5.10 Å². The predicted molar refractivity (Wildman–Crippen MR) is 78.4 cm³/mol. The van der Waals surface area contributed by atoms with Gasteiger partial charge < -0.3 is 15.3 Å². The fourth-order valence-electron chi connectivity index (χ4n) is 3.77. The van der Waals surface area contributed by atoms with Gasteiger partial charge in [0.2, 0.25) is 0 Å². The first-order chi connectivity index (χ1) is 9.72. The van der Waals surface area contributed by atoms with E-state index in [0.717, 1.165) is 12.1 Å². The van der Waals surface area contributed by atoms with Crippen LogP contribution in [-0.2, 0) is 6.54 Å². The summed E-state index contributed by atoms with van der Waals surface area (Å²) in [7, 11) is 2.28. The number of nitrogens with zero attached hydrogens (tertiary/aromatic N) is 3. The van der Waals surface area contributed by atoms with Crippen molar-refractivity contribution in [3.63, 3.8) is 0 Å². The number of piperidine rings is 2. The Labute approximate surface area is 121 Å². The lowest BCUT2D eigenvalue weighted by molar-refractivity contribution is 0.0437. The monoisotopic (exact) mass is 278 g/mol. The molecule has 1 aromatic heterocycles. The van der Waals surface area contributed by atoms with Gasteiger partial charge in [0, 0.05) is 37.1 Å². The maximum absolute atomic E-state index is 10.1. The van der Waals surface area contributed by atoms with Crippen LogP contribution < -0.4 is 5.32 Å². The first-order valence-electron chi connectivity index (χ1n) is 7.83. The third-order valence-corrected chi connectivity index (χ3v) is 4.94. The van der Waals surface area contributed by atoms with E-state index in [0.29, 0.717) is 19.1 Å². The van der Waals surface area contributed by atoms with Gasteiger partial charge in [-0.25, -0.2) is 0 Å². The van der Waals surface area contributed by atoms with Gasteiger partial charge in [0.1, 0.15) is 0 Å². The van der Waals surface area contributed by atoms with Gasteiger partial charge in [0.25, 0.3) is 0 Å². The lowest BCUT2D eigenvalue weighted by Gasteiger charge is -2.47. The summed E-state index contributed by atoms with van der Waals surface area (Å²) in [5.41, 5.74) is 0. The van der Waals surface area contributed by atoms with Crippen LogP contribution in [0.3, 0.4) is 0 Å². The van der Waals surface area contributed by atoms with Crippen molar-refractivity contribution < 1.29 is 5.11 Å². The molecule has 0 saturated carbocycles. The summed E-state index contributed by atoms with van der Waals surface area (Å²) < 4.78 is 1.79. The Kier molecular flexibility index (Phi) is 4.38. The quantitative estimate of drug-likeness (QED) is 0.838. The number of nitrogens with one attached hydrogen (secondary N) is 1. The van der Waals surface area contributed by atoms with Crippen molar-refractivity contribution in [3.8, 4) is 0 Å². The molecular formula is C15H26N4O. The van der Waals surface area contributed by atoms with Crippen LogP contribution in [0.2, 0.25) is 0 Å². The molecule has 3 heterocycles. The molecule has 0 spiro atoms. The van der Waals surface area contributed by atoms with Crippen LogP contribution in [0.1, 0.15) is 32.1 Å². The summed E-state index contributed by atoms with van der Waals surface area (Å²) in [5.74, 6) is 0. The molecule has 3 atom stereocenters. The Hall–Kier alpha value is -0.910. The highest BCUT2D eigenvalue weighted by Crippen LogP contribution is 2.32. The van der Waals surface area contributed by atoms with E-state index in [-0.39, 0.29) is 6.10 Å². The fourth-order valence-corrected chi connectivity index (χ4v) is 3.77. The summed E-state index contributed by atoms with van der Waals surface area (Å²) in [6.07, 6.45) is 9.77. The van der Waals surface area contributed by atoms with Gasteiger partial charge in [-0.3, -0.25) is 4.68 Å². The second-order valence-electron chi connectivity index (χ2n) is 6.36. The van der Waals surface area contributed by atoms with Crippen molar-refractivity contribution in [2.45, 2.75) is 62.9 Å². The van der Waals surface area contributed by atoms with E-state index >= 15 is 0 Å². The van der Waals surface area contributed by atoms with Crippen LogP contribution in [0.25, 0.3) is 0 Å². The molecule has 2 N–H and O–H groups in total. The molecule has 0 amide bonds. The van der Waals surface area contributed by atoms with Gasteiger partial charge >= 0.3 is 0 Å². The van der Waals surface area contributed by atoms with Crippen LogP contribution in [0, 0.1) is 0 Å². The van der Waals surface area contributed by atoms with E-state index in [4.69, 9.17) is 0 Å². The van der Waals surface area contributed by atoms with Crippen molar-refractivity contribution in [1.29, 1.82) is 0 Å². The molecule has 5 heteroatoms. The number of hydrogen-bond donors (Lipinski definition) is 2. The van der Waals surface area contributed by atoms with E-state index < -0.39 is 0 Å². The molecule has 0 radical (unpaired) electrons. The molecule has 20 heavy (non-hydrogen) atoms. The molecule has 112 valence electrons. The summed E-state index contributed by atoms with van der Waals surface area (Å²) >= 11 is 0. The molecule has 5 nitrogen and oxygen atoms in total. The van der Waals surface area contributed by atoms with E-state index in [9.17, 15) is 5.11 Å². The molecule has 3 unspecified atom stereocenters. The average molecular weight is 278 g/mol. The SMILES string of the molecule is CN1C2CCCC1CC(NCC(O)Cn1cccn1)C2. The molecule has 2 aliphatic rings. The van der Waals surface area contributed by atoms with Crippen molar-refractivity contribution in [2.24, 2.45) is 0 Å². The average Bonchev–Trinajstić information content (AvgIpc) is 2.89. The first kappa shape index (κ1) is 14.0. The molecule has 3 rings (SSSR count). The Balaban J connectivity index is 1.44. The zero-order valence-electron chi connectivity index (χ0n) is 12.3. The minimum atomic E-state index is -0.366. The lowest BCUT2D eigenvalue weighted by atomic mass is 9.82. The topological polar surface area (TPSA) is 53.3 Å².